The van der Waals surface area contributed by atoms with E-state index in [4.69, 9.17) is 0 Å². The Balaban J connectivity index is 1.52. The van der Waals surface area contributed by atoms with E-state index in [-0.39, 0.29) is 17.7 Å². The summed E-state index contributed by atoms with van der Waals surface area (Å²) in [5.41, 5.74) is 1.44. The molecule has 0 aliphatic carbocycles. The first-order chi connectivity index (χ1) is 14.8. The second kappa shape index (κ2) is 8.29. The summed E-state index contributed by atoms with van der Waals surface area (Å²) in [6.45, 7) is 7.25. The number of nitrogens with zero attached hydrogens (tertiary/aromatic N) is 2. The molecule has 7 heteroatoms. The molecule has 7 nitrogen and oxygen atoms in total. The van der Waals surface area contributed by atoms with Crippen LogP contribution in [0.1, 0.15) is 55.6 Å². The van der Waals surface area contributed by atoms with E-state index in [0.29, 0.717) is 43.8 Å². The Bertz CT molecular complexity index is 1030. The Kier molecular flexibility index (Phi) is 5.69. The van der Waals surface area contributed by atoms with E-state index in [1.54, 1.807) is 0 Å². The number of rotatable bonds is 5. The van der Waals surface area contributed by atoms with Crippen LogP contribution >= 0.6 is 0 Å². The van der Waals surface area contributed by atoms with E-state index < -0.39 is 11.6 Å². The largest absolute Gasteiger partial charge is 0.339 e. The third-order valence-electron chi connectivity index (χ3n) is 6.64. The van der Waals surface area contributed by atoms with Crippen LogP contribution in [0.2, 0.25) is 0 Å². The van der Waals surface area contributed by atoms with Gasteiger partial charge in [-0.1, -0.05) is 32.0 Å². The Labute approximate surface area is 182 Å². The molecule has 1 atom stereocenters. The molecule has 2 aromatic rings. The van der Waals surface area contributed by atoms with Gasteiger partial charge < -0.3 is 10.2 Å². The zero-order valence-corrected chi connectivity index (χ0v) is 18.4. The Morgan fingerprint density at radius 1 is 1.23 bits per heavy atom. The molecule has 1 aromatic carbocycles. The Morgan fingerprint density at radius 2 is 1.94 bits per heavy atom. The van der Waals surface area contributed by atoms with Gasteiger partial charge in [0, 0.05) is 24.2 Å². The van der Waals surface area contributed by atoms with E-state index in [9.17, 15) is 14.4 Å². The number of urea groups is 1. The van der Waals surface area contributed by atoms with Crippen molar-refractivity contribution in [1.29, 1.82) is 0 Å². The molecule has 0 saturated carbocycles. The predicted octanol–water partition coefficient (Wildman–Crippen LogP) is 3.41. The molecule has 3 heterocycles. The van der Waals surface area contributed by atoms with Crippen molar-refractivity contribution in [1.82, 2.24) is 20.5 Å². The van der Waals surface area contributed by atoms with Crippen LogP contribution in [-0.4, -0.2) is 46.4 Å². The molecule has 2 fully saturated rings. The number of fused-ring (bicyclic) bond motifs is 1. The summed E-state index contributed by atoms with van der Waals surface area (Å²) in [6, 6.07) is 9.14. The molecular weight excluding hydrogens is 392 g/mol. The summed E-state index contributed by atoms with van der Waals surface area (Å²) in [5.74, 6) is 0.222. The lowest BCUT2D eigenvalue weighted by Crippen LogP contribution is -2.56. The van der Waals surface area contributed by atoms with E-state index in [2.05, 4.69) is 29.5 Å². The standard InChI is InChI=1S/C24H30N4O3/c1-15(2)8-11-24(22(30)26-23(31)27-24)17-9-12-28(13-10-17)21(29)19-14-16(3)25-20-7-5-4-6-18(19)20/h4-7,14-15,17H,8-13H2,1-3H3,(H2,26,27,30,31). The van der Waals surface area contributed by atoms with Crippen LogP contribution in [0.3, 0.4) is 0 Å². The van der Waals surface area contributed by atoms with Crippen LogP contribution in [0.25, 0.3) is 10.9 Å². The quantitative estimate of drug-likeness (QED) is 0.723. The molecule has 2 aliphatic rings. The third-order valence-corrected chi connectivity index (χ3v) is 6.64. The number of pyridine rings is 1. The number of carbonyl (C=O) groups is 3. The minimum atomic E-state index is -0.865. The van der Waals surface area contributed by atoms with Crippen LogP contribution in [0, 0.1) is 18.8 Å². The van der Waals surface area contributed by atoms with Gasteiger partial charge in [-0.2, -0.15) is 0 Å². The van der Waals surface area contributed by atoms with Crippen molar-refractivity contribution in [2.45, 2.75) is 52.0 Å². The number of amides is 4. The number of carbonyl (C=O) groups excluding carboxylic acids is 3. The van der Waals surface area contributed by atoms with E-state index >= 15 is 0 Å². The molecule has 2 aliphatic heterocycles. The number of para-hydroxylation sites is 1. The minimum Gasteiger partial charge on any atom is -0.339 e. The van der Waals surface area contributed by atoms with Gasteiger partial charge >= 0.3 is 6.03 Å². The Morgan fingerprint density at radius 3 is 2.58 bits per heavy atom. The molecule has 31 heavy (non-hydrogen) atoms. The highest BCUT2D eigenvalue weighted by Crippen LogP contribution is 2.36. The molecule has 4 rings (SSSR count). The molecule has 2 N–H and O–H groups in total. The van der Waals surface area contributed by atoms with Gasteiger partial charge in [-0.05, 0) is 56.6 Å². The second-order valence-corrected chi connectivity index (χ2v) is 9.21. The summed E-state index contributed by atoms with van der Waals surface area (Å²) in [5, 5.41) is 6.23. The highest BCUT2D eigenvalue weighted by Gasteiger charge is 2.52. The molecular formula is C24H30N4O3. The van der Waals surface area contributed by atoms with Crippen LogP contribution in [0.5, 0.6) is 0 Å². The van der Waals surface area contributed by atoms with Crippen LogP contribution in [-0.2, 0) is 4.79 Å². The Hall–Kier alpha value is -2.96. The number of nitrogens with one attached hydrogen (secondary N) is 2. The van der Waals surface area contributed by atoms with Crippen LogP contribution < -0.4 is 10.6 Å². The molecule has 164 valence electrons. The van der Waals surface area contributed by atoms with Crippen molar-refractivity contribution in [3.63, 3.8) is 0 Å². The molecule has 0 spiro atoms. The first kappa shape index (κ1) is 21.3. The average molecular weight is 423 g/mol. The number of aromatic nitrogens is 1. The van der Waals surface area contributed by atoms with Crippen molar-refractivity contribution < 1.29 is 14.4 Å². The number of hydrogen-bond acceptors (Lipinski definition) is 4. The van der Waals surface area contributed by atoms with Gasteiger partial charge in [-0.15, -0.1) is 0 Å². The number of imide groups is 1. The topological polar surface area (TPSA) is 91.4 Å². The number of hydrogen-bond donors (Lipinski definition) is 2. The maximum atomic E-state index is 13.4. The van der Waals surface area contributed by atoms with E-state index in [1.807, 2.05) is 42.2 Å². The van der Waals surface area contributed by atoms with E-state index in [0.717, 1.165) is 23.0 Å². The highest BCUT2D eigenvalue weighted by atomic mass is 16.2. The number of benzene rings is 1. The zero-order chi connectivity index (χ0) is 22.2. The summed E-state index contributed by atoms with van der Waals surface area (Å²) in [6.07, 6.45) is 2.84. The summed E-state index contributed by atoms with van der Waals surface area (Å²) in [4.78, 5) is 44.5. The smallest absolute Gasteiger partial charge is 0.322 e. The predicted molar refractivity (Wildman–Crippen MR) is 119 cm³/mol. The van der Waals surface area contributed by atoms with Gasteiger partial charge in [-0.25, -0.2) is 4.79 Å². The first-order valence-corrected chi connectivity index (χ1v) is 11.1. The van der Waals surface area contributed by atoms with Gasteiger partial charge in [0.25, 0.3) is 11.8 Å². The maximum absolute atomic E-state index is 13.4. The van der Waals surface area contributed by atoms with Crippen molar-refractivity contribution in [2.75, 3.05) is 13.1 Å². The van der Waals surface area contributed by atoms with Gasteiger partial charge in [-0.3, -0.25) is 19.9 Å². The average Bonchev–Trinajstić information content (AvgIpc) is 3.05. The minimum absolute atomic E-state index is 0.00344. The van der Waals surface area contributed by atoms with Gasteiger partial charge in [0.15, 0.2) is 0 Å². The summed E-state index contributed by atoms with van der Waals surface area (Å²) >= 11 is 0. The van der Waals surface area contributed by atoms with Crippen molar-refractivity contribution in [3.05, 3.63) is 41.6 Å². The zero-order valence-electron chi connectivity index (χ0n) is 18.4. The normalized spacial score (nSPS) is 22.1. The molecule has 0 bridgehead atoms. The van der Waals surface area contributed by atoms with Gasteiger partial charge in [0.05, 0.1) is 11.1 Å². The van der Waals surface area contributed by atoms with Crippen molar-refractivity contribution in [2.24, 2.45) is 11.8 Å². The van der Waals surface area contributed by atoms with Crippen LogP contribution in [0.15, 0.2) is 30.3 Å². The molecule has 4 amide bonds. The van der Waals surface area contributed by atoms with Crippen molar-refractivity contribution >= 4 is 28.7 Å². The lowest BCUT2D eigenvalue weighted by molar-refractivity contribution is -0.127. The van der Waals surface area contributed by atoms with Crippen LogP contribution in [0.4, 0.5) is 4.79 Å². The maximum Gasteiger partial charge on any atom is 0.322 e. The van der Waals surface area contributed by atoms with Gasteiger partial charge in [0.1, 0.15) is 5.54 Å². The summed E-state index contributed by atoms with van der Waals surface area (Å²) in [7, 11) is 0. The third kappa shape index (κ3) is 4.01. The lowest BCUT2D eigenvalue weighted by Gasteiger charge is -2.41. The van der Waals surface area contributed by atoms with Gasteiger partial charge in [0.2, 0.25) is 0 Å². The monoisotopic (exact) mass is 422 g/mol. The SMILES string of the molecule is Cc1cc(C(=O)N2CCC(C3(CCC(C)C)NC(=O)NC3=O)CC2)c2ccccc2n1. The second-order valence-electron chi connectivity index (χ2n) is 9.21. The number of piperidine rings is 1. The molecule has 2 saturated heterocycles. The summed E-state index contributed by atoms with van der Waals surface area (Å²) < 4.78 is 0. The molecule has 0 radical (unpaired) electrons. The van der Waals surface area contributed by atoms with E-state index in [1.165, 1.54) is 0 Å². The highest BCUT2D eigenvalue weighted by molar-refractivity contribution is 6.07. The molecule has 1 aromatic heterocycles. The fourth-order valence-corrected chi connectivity index (χ4v) is 4.92. The van der Waals surface area contributed by atoms with Crippen molar-refractivity contribution in [3.8, 4) is 0 Å². The first-order valence-electron chi connectivity index (χ1n) is 11.1. The fraction of sp³-hybridized carbons (Fsp3) is 0.500. The molecule has 1 unspecified atom stereocenters. The fourth-order valence-electron chi connectivity index (χ4n) is 4.92. The lowest BCUT2D eigenvalue weighted by atomic mass is 9.74. The number of aryl methyl sites for hydroxylation is 1. The number of likely N-dealkylation sites (tertiary alicyclic amines) is 1.